The second kappa shape index (κ2) is 9.00. The SMILES string of the molecule is O=C(CCCCCN1C(=O)[C@@H]2[C@H](C1=O)C1(Cl)c3ccccc3C2(Cl)c2ccccc21)Nc1ccccc1. The standard InChI is InChI=1S/C30H26Cl2N2O3/c31-29-20-13-6-7-14-21(20)30(32,23-16-9-8-15-22(23)29)26-25(29)27(36)34(28(26)37)18-10-2-5-17-24(35)33-19-11-3-1-4-12-19/h1,3-4,6-9,11-16,25-26H,2,5,10,17-18H2,(H,33,35)/t25-,26+,29?,30?. The van der Waals surface area contributed by atoms with Crippen molar-refractivity contribution in [3.05, 3.63) is 101 Å². The number of halogens is 2. The number of carbonyl (C=O) groups is 3. The summed E-state index contributed by atoms with van der Waals surface area (Å²) in [5.41, 5.74) is 3.99. The van der Waals surface area contributed by atoms with Gasteiger partial charge in [-0.1, -0.05) is 73.2 Å². The summed E-state index contributed by atoms with van der Waals surface area (Å²) in [6, 6.07) is 24.6. The Hall–Kier alpha value is -3.15. The summed E-state index contributed by atoms with van der Waals surface area (Å²) in [6.07, 6.45) is 2.37. The molecule has 1 fully saturated rings. The van der Waals surface area contributed by atoms with Gasteiger partial charge in [-0.25, -0.2) is 0 Å². The first-order chi connectivity index (χ1) is 17.9. The number of anilines is 1. The van der Waals surface area contributed by atoms with Gasteiger partial charge in [0, 0.05) is 18.7 Å². The van der Waals surface area contributed by atoms with Crippen LogP contribution in [0.2, 0.25) is 0 Å². The molecule has 5 nitrogen and oxygen atoms in total. The molecule has 7 rings (SSSR count). The van der Waals surface area contributed by atoms with E-state index in [-0.39, 0.29) is 24.3 Å². The van der Waals surface area contributed by atoms with Crippen LogP contribution < -0.4 is 5.32 Å². The molecule has 1 saturated heterocycles. The van der Waals surface area contributed by atoms with Crippen molar-refractivity contribution in [1.29, 1.82) is 0 Å². The molecule has 2 atom stereocenters. The van der Waals surface area contributed by atoms with Gasteiger partial charge in [0.1, 0.15) is 9.75 Å². The largest absolute Gasteiger partial charge is 0.326 e. The van der Waals surface area contributed by atoms with Crippen molar-refractivity contribution in [2.75, 3.05) is 11.9 Å². The van der Waals surface area contributed by atoms with E-state index in [9.17, 15) is 14.4 Å². The highest BCUT2D eigenvalue weighted by molar-refractivity contribution is 6.36. The van der Waals surface area contributed by atoms with Crippen LogP contribution in [-0.2, 0) is 24.1 Å². The Balaban J connectivity index is 1.19. The summed E-state index contributed by atoms with van der Waals surface area (Å²) in [5.74, 6) is -2.10. The maximum Gasteiger partial charge on any atom is 0.235 e. The van der Waals surface area contributed by atoms with Gasteiger partial charge in [0.15, 0.2) is 0 Å². The van der Waals surface area contributed by atoms with Gasteiger partial charge in [-0.3, -0.25) is 19.3 Å². The monoisotopic (exact) mass is 532 g/mol. The van der Waals surface area contributed by atoms with Gasteiger partial charge in [-0.2, -0.15) is 0 Å². The highest BCUT2D eigenvalue weighted by Crippen LogP contribution is 2.69. The van der Waals surface area contributed by atoms with Crippen molar-refractivity contribution in [2.24, 2.45) is 11.8 Å². The summed E-state index contributed by atoms with van der Waals surface area (Å²) in [6.45, 7) is 0.289. The van der Waals surface area contributed by atoms with Crippen LogP contribution in [0.15, 0.2) is 78.9 Å². The highest BCUT2D eigenvalue weighted by atomic mass is 35.5. The van der Waals surface area contributed by atoms with Crippen LogP contribution in [-0.4, -0.2) is 29.2 Å². The van der Waals surface area contributed by atoms with Crippen molar-refractivity contribution in [2.45, 2.75) is 35.4 Å². The predicted molar refractivity (Wildman–Crippen MR) is 143 cm³/mol. The van der Waals surface area contributed by atoms with Gasteiger partial charge in [0.2, 0.25) is 17.7 Å². The van der Waals surface area contributed by atoms with E-state index < -0.39 is 21.6 Å². The third kappa shape index (κ3) is 3.48. The van der Waals surface area contributed by atoms with E-state index in [2.05, 4.69) is 5.32 Å². The van der Waals surface area contributed by atoms with Crippen LogP contribution >= 0.6 is 23.2 Å². The molecule has 1 N–H and O–H groups in total. The number of likely N-dealkylation sites (tertiary alicyclic amines) is 1. The van der Waals surface area contributed by atoms with E-state index >= 15 is 0 Å². The number of hydrogen-bond acceptors (Lipinski definition) is 3. The van der Waals surface area contributed by atoms with Crippen LogP contribution in [0.5, 0.6) is 0 Å². The summed E-state index contributed by atoms with van der Waals surface area (Å²) < 4.78 is 0. The van der Waals surface area contributed by atoms with Gasteiger partial charge >= 0.3 is 0 Å². The van der Waals surface area contributed by atoms with Gasteiger partial charge in [-0.15, -0.1) is 23.2 Å². The fourth-order valence-corrected chi connectivity index (χ4v) is 7.52. The smallest absolute Gasteiger partial charge is 0.235 e. The number of nitrogens with one attached hydrogen (secondary N) is 1. The summed E-state index contributed by atoms with van der Waals surface area (Å²) >= 11 is 14.9. The number of amides is 3. The zero-order valence-corrected chi connectivity index (χ0v) is 21.6. The average molecular weight is 533 g/mol. The number of rotatable bonds is 7. The fourth-order valence-electron chi connectivity index (χ4n) is 6.42. The third-order valence-corrected chi connectivity index (χ3v) is 9.30. The maximum absolute atomic E-state index is 13.8. The lowest BCUT2D eigenvalue weighted by Gasteiger charge is -2.54. The molecule has 0 aromatic heterocycles. The van der Waals surface area contributed by atoms with Crippen LogP contribution in [0.3, 0.4) is 0 Å². The number of para-hydroxylation sites is 1. The Morgan fingerprint density at radius 1 is 0.703 bits per heavy atom. The van der Waals surface area contributed by atoms with Crippen LogP contribution in [0.1, 0.15) is 47.9 Å². The van der Waals surface area contributed by atoms with Gasteiger partial charge < -0.3 is 5.32 Å². The number of imide groups is 1. The Kier molecular flexibility index (Phi) is 5.89. The van der Waals surface area contributed by atoms with E-state index in [1.54, 1.807) is 0 Å². The molecule has 7 heteroatoms. The Morgan fingerprint density at radius 2 is 1.16 bits per heavy atom. The third-order valence-electron chi connectivity index (χ3n) is 8.02. The normalized spacial score (nSPS) is 27.0. The van der Waals surface area contributed by atoms with E-state index in [0.717, 1.165) is 27.9 Å². The molecule has 3 aliphatic carbocycles. The number of nitrogens with zero attached hydrogens (tertiary/aromatic N) is 1. The molecular weight excluding hydrogens is 507 g/mol. The molecule has 0 radical (unpaired) electrons. The van der Waals surface area contributed by atoms with Crippen molar-refractivity contribution < 1.29 is 14.4 Å². The number of hydrogen-bond donors (Lipinski definition) is 1. The zero-order valence-electron chi connectivity index (χ0n) is 20.1. The molecule has 2 bridgehead atoms. The molecule has 1 heterocycles. The van der Waals surface area contributed by atoms with E-state index in [1.807, 2.05) is 78.9 Å². The van der Waals surface area contributed by atoms with E-state index in [1.165, 1.54) is 4.90 Å². The molecule has 0 spiro atoms. The van der Waals surface area contributed by atoms with E-state index in [4.69, 9.17) is 23.2 Å². The quantitative estimate of drug-likeness (QED) is 0.238. The molecule has 0 saturated carbocycles. The highest BCUT2D eigenvalue weighted by Gasteiger charge is 2.72. The summed E-state index contributed by atoms with van der Waals surface area (Å²) in [4.78, 5) is 38.8. The molecule has 37 heavy (non-hydrogen) atoms. The Bertz CT molecular complexity index is 1290. The first-order valence-corrected chi connectivity index (χ1v) is 13.4. The van der Waals surface area contributed by atoms with Crippen molar-refractivity contribution in [3.8, 4) is 0 Å². The Labute approximate surface area is 225 Å². The predicted octanol–water partition coefficient (Wildman–Crippen LogP) is 5.78. The second-order valence-electron chi connectivity index (χ2n) is 10.0. The lowest BCUT2D eigenvalue weighted by molar-refractivity contribution is -0.140. The first kappa shape index (κ1) is 24.2. The molecule has 4 aliphatic rings. The number of unbranched alkanes of at least 4 members (excludes halogenated alkanes) is 2. The number of alkyl halides is 2. The minimum Gasteiger partial charge on any atom is -0.326 e. The number of carbonyl (C=O) groups excluding carboxylic acids is 3. The van der Waals surface area contributed by atoms with Crippen LogP contribution in [0.25, 0.3) is 0 Å². The molecule has 0 unspecified atom stereocenters. The van der Waals surface area contributed by atoms with Crippen molar-refractivity contribution in [1.82, 2.24) is 4.90 Å². The maximum atomic E-state index is 13.8. The zero-order chi connectivity index (χ0) is 25.8. The van der Waals surface area contributed by atoms with E-state index in [0.29, 0.717) is 25.7 Å². The van der Waals surface area contributed by atoms with Crippen LogP contribution in [0, 0.1) is 11.8 Å². The minimum absolute atomic E-state index is 0.0502. The molecular formula is C30H26Cl2N2O3. The van der Waals surface area contributed by atoms with Gasteiger partial charge in [0.05, 0.1) is 11.8 Å². The first-order valence-electron chi connectivity index (χ1n) is 12.7. The van der Waals surface area contributed by atoms with Gasteiger partial charge in [0.25, 0.3) is 0 Å². The van der Waals surface area contributed by atoms with Gasteiger partial charge in [-0.05, 0) is 47.2 Å². The van der Waals surface area contributed by atoms with Crippen molar-refractivity contribution >= 4 is 46.6 Å². The molecule has 188 valence electrons. The number of benzene rings is 3. The van der Waals surface area contributed by atoms with Crippen LogP contribution in [0.4, 0.5) is 5.69 Å². The molecule has 3 aromatic carbocycles. The fraction of sp³-hybridized carbons (Fsp3) is 0.300. The Morgan fingerprint density at radius 3 is 1.65 bits per heavy atom. The second-order valence-corrected chi connectivity index (χ2v) is 11.2. The topological polar surface area (TPSA) is 66.5 Å². The average Bonchev–Trinajstić information content (AvgIpc) is 3.18. The minimum atomic E-state index is -1.15. The molecule has 3 amide bonds. The summed E-state index contributed by atoms with van der Waals surface area (Å²) in [5, 5.41) is 2.88. The van der Waals surface area contributed by atoms with Crippen molar-refractivity contribution in [3.63, 3.8) is 0 Å². The lowest BCUT2D eigenvalue weighted by atomic mass is 9.54. The lowest BCUT2D eigenvalue weighted by Crippen LogP contribution is -2.57. The summed E-state index contributed by atoms with van der Waals surface area (Å²) in [7, 11) is 0. The molecule has 1 aliphatic heterocycles. The molecule has 3 aromatic rings.